The number of carboxylic acids is 1. The number of hydrogen-bond acceptors (Lipinski definition) is 4. The highest BCUT2D eigenvalue weighted by Crippen LogP contribution is 2.34. The molecule has 2 rings (SSSR count). The quantitative estimate of drug-likeness (QED) is 0.655. The van der Waals surface area contributed by atoms with E-state index >= 15 is 0 Å². The Balaban J connectivity index is 2.31. The van der Waals surface area contributed by atoms with Gasteiger partial charge in [-0.15, -0.1) is 0 Å². The highest BCUT2D eigenvalue weighted by molar-refractivity contribution is 5.84. The van der Waals surface area contributed by atoms with Crippen LogP contribution in [0.4, 0.5) is 11.4 Å². The lowest BCUT2D eigenvalue weighted by Crippen LogP contribution is -2.48. The van der Waals surface area contributed by atoms with Gasteiger partial charge < -0.3 is 10.0 Å². The van der Waals surface area contributed by atoms with Crippen LogP contribution in [0.5, 0.6) is 0 Å². The highest BCUT2D eigenvalue weighted by Gasteiger charge is 2.43. The van der Waals surface area contributed by atoms with E-state index in [9.17, 15) is 20.0 Å². The Morgan fingerprint density at radius 2 is 2.06 bits per heavy atom. The summed E-state index contributed by atoms with van der Waals surface area (Å²) in [6.45, 7) is 2.34. The Hall–Kier alpha value is -2.11. The van der Waals surface area contributed by atoms with E-state index in [1.54, 1.807) is 24.0 Å². The van der Waals surface area contributed by atoms with Gasteiger partial charge in [-0.3, -0.25) is 10.1 Å². The van der Waals surface area contributed by atoms with Crippen molar-refractivity contribution in [1.82, 2.24) is 0 Å². The van der Waals surface area contributed by atoms with Crippen molar-refractivity contribution in [3.8, 4) is 0 Å². The zero-order valence-corrected chi connectivity index (χ0v) is 10.00. The Labute approximate surface area is 104 Å². The van der Waals surface area contributed by atoms with Crippen LogP contribution < -0.4 is 4.90 Å². The van der Waals surface area contributed by atoms with Gasteiger partial charge in [0.05, 0.1) is 4.92 Å². The van der Waals surface area contributed by atoms with Crippen LogP contribution in [0.25, 0.3) is 0 Å². The second kappa shape index (κ2) is 4.29. The van der Waals surface area contributed by atoms with Crippen molar-refractivity contribution in [2.75, 3.05) is 11.4 Å². The SMILES string of the molecule is CC1(C(=O)O)CCCN1c1ccc([N+](=O)[O-])cc1. The van der Waals surface area contributed by atoms with Crippen molar-refractivity contribution in [3.05, 3.63) is 34.4 Å². The number of nitrogens with zero attached hydrogens (tertiary/aromatic N) is 2. The summed E-state index contributed by atoms with van der Waals surface area (Å²) in [4.78, 5) is 23.2. The van der Waals surface area contributed by atoms with Gasteiger partial charge in [-0.1, -0.05) is 0 Å². The molecule has 0 saturated carbocycles. The molecule has 96 valence electrons. The third kappa shape index (κ3) is 1.90. The minimum Gasteiger partial charge on any atom is -0.480 e. The van der Waals surface area contributed by atoms with Gasteiger partial charge >= 0.3 is 5.97 Å². The lowest BCUT2D eigenvalue weighted by atomic mass is 9.99. The van der Waals surface area contributed by atoms with Crippen LogP contribution in [0.1, 0.15) is 19.8 Å². The van der Waals surface area contributed by atoms with E-state index in [-0.39, 0.29) is 5.69 Å². The first-order valence-corrected chi connectivity index (χ1v) is 5.70. The molecule has 1 unspecified atom stereocenters. The van der Waals surface area contributed by atoms with Gasteiger partial charge in [0, 0.05) is 24.4 Å². The number of carboxylic acid groups (broad SMARTS) is 1. The van der Waals surface area contributed by atoms with Gasteiger partial charge in [0.1, 0.15) is 5.54 Å². The molecule has 1 aromatic carbocycles. The van der Waals surface area contributed by atoms with Gasteiger partial charge in [-0.05, 0) is 31.9 Å². The molecule has 1 heterocycles. The summed E-state index contributed by atoms with van der Waals surface area (Å²) < 4.78 is 0. The zero-order chi connectivity index (χ0) is 13.3. The molecular formula is C12H14N2O4. The van der Waals surface area contributed by atoms with E-state index in [2.05, 4.69) is 0 Å². The standard InChI is InChI=1S/C12H14N2O4/c1-12(11(15)16)7-2-8-13(12)9-3-5-10(6-4-9)14(17)18/h3-6H,2,7-8H2,1H3,(H,15,16). The fourth-order valence-electron chi connectivity index (χ4n) is 2.35. The van der Waals surface area contributed by atoms with E-state index in [0.29, 0.717) is 18.7 Å². The summed E-state index contributed by atoms with van der Waals surface area (Å²) in [5.41, 5.74) is -0.200. The third-order valence-corrected chi connectivity index (χ3v) is 3.47. The van der Waals surface area contributed by atoms with Gasteiger partial charge in [-0.25, -0.2) is 4.79 Å². The van der Waals surface area contributed by atoms with E-state index in [0.717, 1.165) is 6.42 Å². The van der Waals surface area contributed by atoms with Crippen LogP contribution in [-0.2, 0) is 4.79 Å². The second-order valence-corrected chi connectivity index (χ2v) is 4.61. The molecular weight excluding hydrogens is 236 g/mol. The average Bonchev–Trinajstić information content (AvgIpc) is 2.73. The largest absolute Gasteiger partial charge is 0.480 e. The molecule has 1 atom stereocenters. The van der Waals surface area contributed by atoms with Gasteiger partial charge in [-0.2, -0.15) is 0 Å². The van der Waals surface area contributed by atoms with Crippen LogP contribution in [0, 0.1) is 10.1 Å². The molecule has 1 saturated heterocycles. The smallest absolute Gasteiger partial charge is 0.329 e. The number of nitro groups is 1. The van der Waals surface area contributed by atoms with Crippen LogP contribution in [0.2, 0.25) is 0 Å². The maximum absolute atomic E-state index is 11.3. The number of rotatable bonds is 3. The second-order valence-electron chi connectivity index (χ2n) is 4.61. The molecule has 0 aliphatic carbocycles. The molecule has 1 N–H and O–H groups in total. The first-order chi connectivity index (χ1) is 8.45. The first kappa shape index (κ1) is 12.3. The van der Waals surface area contributed by atoms with Crippen molar-refractivity contribution in [3.63, 3.8) is 0 Å². The number of aliphatic carboxylic acids is 1. The summed E-state index contributed by atoms with van der Waals surface area (Å²) in [6, 6.07) is 6.00. The first-order valence-electron chi connectivity index (χ1n) is 5.70. The molecule has 0 amide bonds. The van der Waals surface area contributed by atoms with E-state index < -0.39 is 16.4 Å². The molecule has 1 fully saturated rings. The predicted molar refractivity (Wildman–Crippen MR) is 65.7 cm³/mol. The Morgan fingerprint density at radius 3 is 2.56 bits per heavy atom. The monoisotopic (exact) mass is 250 g/mol. The summed E-state index contributed by atoms with van der Waals surface area (Å²) in [5.74, 6) is -0.863. The number of carbonyl (C=O) groups is 1. The molecule has 1 aliphatic heterocycles. The lowest BCUT2D eigenvalue weighted by molar-refractivity contribution is -0.384. The highest BCUT2D eigenvalue weighted by atomic mass is 16.6. The molecule has 0 aromatic heterocycles. The normalized spacial score (nSPS) is 23.1. The van der Waals surface area contributed by atoms with Crippen LogP contribution in [-0.4, -0.2) is 28.1 Å². The summed E-state index contributed by atoms with van der Waals surface area (Å²) >= 11 is 0. The zero-order valence-electron chi connectivity index (χ0n) is 10.00. The van der Waals surface area contributed by atoms with Crippen molar-refractivity contribution >= 4 is 17.3 Å². The van der Waals surface area contributed by atoms with Crippen molar-refractivity contribution in [2.45, 2.75) is 25.3 Å². The fourth-order valence-corrected chi connectivity index (χ4v) is 2.35. The average molecular weight is 250 g/mol. The number of anilines is 1. The van der Waals surface area contributed by atoms with Gasteiger partial charge in [0.2, 0.25) is 0 Å². The van der Waals surface area contributed by atoms with Crippen LogP contribution >= 0.6 is 0 Å². The number of nitro benzene ring substituents is 1. The molecule has 0 bridgehead atoms. The summed E-state index contributed by atoms with van der Waals surface area (Å²) in [6.07, 6.45) is 1.39. The van der Waals surface area contributed by atoms with E-state index in [1.807, 2.05) is 0 Å². The Bertz CT molecular complexity index is 485. The summed E-state index contributed by atoms with van der Waals surface area (Å²) in [5, 5.41) is 19.9. The fraction of sp³-hybridized carbons (Fsp3) is 0.417. The van der Waals surface area contributed by atoms with Gasteiger partial charge in [0.15, 0.2) is 0 Å². The van der Waals surface area contributed by atoms with Crippen molar-refractivity contribution in [2.24, 2.45) is 0 Å². The predicted octanol–water partition coefficient (Wildman–Crippen LogP) is 2.04. The number of benzene rings is 1. The molecule has 6 heteroatoms. The van der Waals surface area contributed by atoms with Crippen LogP contribution in [0.15, 0.2) is 24.3 Å². The Morgan fingerprint density at radius 1 is 1.44 bits per heavy atom. The lowest BCUT2D eigenvalue weighted by Gasteiger charge is -2.33. The molecule has 18 heavy (non-hydrogen) atoms. The molecule has 1 aromatic rings. The van der Waals surface area contributed by atoms with Gasteiger partial charge in [0.25, 0.3) is 5.69 Å². The number of non-ortho nitro benzene ring substituents is 1. The van der Waals surface area contributed by atoms with Crippen molar-refractivity contribution < 1.29 is 14.8 Å². The van der Waals surface area contributed by atoms with E-state index in [4.69, 9.17) is 0 Å². The van der Waals surface area contributed by atoms with Crippen molar-refractivity contribution in [1.29, 1.82) is 0 Å². The van der Waals surface area contributed by atoms with Crippen LogP contribution in [0.3, 0.4) is 0 Å². The topological polar surface area (TPSA) is 83.7 Å². The number of hydrogen-bond donors (Lipinski definition) is 1. The molecule has 1 aliphatic rings. The Kier molecular flexibility index (Phi) is 2.94. The molecule has 0 spiro atoms. The minimum absolute atomic E-state index is 0.00924. The maximum Gasteiger partial charge on any atom is 0.329 e. The minimum atomic E-state index is -0.921. The molecule has 0 radical (unpaired) electrons. The maximum atomic E-state index is 11.3. The summed E-state index contributed by atoms with van der Waals surface area (Å²) in [7, 11) is 0. The third-order valence-electron chi connectivity index (χ3n) is 3.47. The van der Waals surface area contributed by atoms with E-state index in [1.165, 1.54) is 12.1 Å². The molecule has 6 nitrogen and oxygen atoms in total.